The number of benzene rings is 1. The lowest BCUT2D eigenvalue weighted by Gasteiger charge is -2.18. The highest BCUT2D eigenvalue weighted by atomic mass is 32.2. The van der Waals surface area contributed by atoms with Gasteiger partial charge in [0.15, 0.2) is 5.76 Å². The number of carbonyl (C=O) groups excluding carboxylic acids is 1. The van der Waals surface area contributed by atoms with Gasteiger partial charge in [0, 0.05) is 12.1 Å². The Balaban J connectivity index is 1.69. The number of rotatable bonds is 5. The van der Waals surface area contributed by atoms with Gasteiger partial charge >= 0.3 is 5.91 Å². The number of sulfonamides is 1. The van der Waals surface area contributed by atoms with E-state index < -0.39 is 16.1 Å². The fourth-order valence-electron chi connectivity index (χ4n) is 3.06. The molecule has 4 rings (SSSR count). The molecule has 0 radical (unpaired) electrons. The maximum absolute atomic E-state index is 12.8. The van der Waals surface area contributed by atoms with Gasteiger partial charge in [-0.2, -0.15) is 5.10 Å². The second kappa shape index (κ2) is 7.01. The van der Waals surface area contributed by atoms with Crippen molar-refractivity contribution in [2.75, 3.05) is 11.0 Å². The van der Waals surface area contributed by atoms with Crippen LogP contribution in [0.1, 0.15) is 34.3 Å². The van der Waals surface area contributed by atoms with Gasteiger partial charge in [-0.15, -0.1) is 0 Å². The second-order valence-corrected chi connectivity index (χ2v) is 8.11. The summed E-state index contributed by atoms with van der Waals surface area (Å²) in [4.78, 5) is 12.8. The lowest BCUT2D eigenvalue weighted by atomic mass is 10.0. The molecule has 9 heteroatoms. The van der Waals surface area contributed by atoms with Crippen LogP contribution in [-0.4, -0.2) is 31.3 Å². The van der Waals surface area contributed by atoms with Crippen LogP contribution in [0.2, 0.25) is 0 Å². The Hall–Kier alpha value is -3.33. The molecule has 144 valence electrons. The average Bonchev–Trinajstić information content (AvgIpc) is 3.40. The van der Waals surface area contributed by atoms with Crippen LogP contribution in [0, 0.1) is 0 Å². The summed E-state index contributed by atoms with van der Waals surface area (Å²) in [6.07, 6.45) is 4.47. The molecule has 0 spiro atoms. The lowest BCUT2D eigenvalue weighted by molar-refractivity contribution is 0.0660. The average molecular weight is 399 g/mol. The lowest BCUT2D eigenvalue weighted by Crippen LogP contribution is -2.26. The number of anilines is 1. The monoisotopic (exact) mass is 399 g/mol. The van der Waals surface area contributed by atoms with E-state index in [-0.39, 0.29) is 11.7 Å². The molecule has 1 aliphatic heterocycles. The summed E-state index contributed by atoms with van der Waals surface area (Å²) in [6, 6.07) is 13.2. The molecule has 0 fully saturated rings. The highest BCUT2D eigenvalue weighted by Crippen LogP contribution is 2.34. The number of hydrazone groups is 1. The van der Waals surface area contributed by atoms with Gasteiger partial charge in [-0.05, 0) is 42.0 Å². The van der Waals surface area contributed by atoms with Gasteiger partial charge in [0.05, 0.1) is 24.5 Å². The molecule has 2 aromatic heterocycles. The third-order valence-electron chi connectivity index (χ3n) is 4.22. The van der Waals surface area contributed by atoms with Gasteiger partial charge in [0.25, 0.3) is 0 Å². The maximum atomic E-state index is 12.8. The van der Waals surface area contributed by atoms with Gasteiger partial charge in [-0.25, -0.2) is 13.4 Å². The quantitative estimate of drug-likeness (QED) is 0.709. The Bertz CT molecular complexity index is 1120. The van der Waals surface area contributed by atoms with Crippen molar-refractivity contribution in [3.8, 4) is 0 Å². The van der Waals surface area contributed by atoms with Crippen molar-refractivity contribution in [3.63, 3.8) is 0 Å². The summed E-state index contributed by atoms with van der Waals surface area (Å²) in [5.41, 5.74) is 1.77. The Morgan fingerprint density at radius 3 is 2.61 bits per heavy atom. The number of hydrogen-bond donors (Lipinski definition) is 1. The van der Waals surface area contributed by atoms with Gasteiger partial charge in [-0.3, -0.25) is 9.52 Å². The van der Waals surface area contributed by atoms with Gasteiger partial charge in [0.2, 0.25) is 10.0 Å². The molecule has 0 bridgehead atoms. The van der Waals surface area contributed by atoms with Crippen molar-refractivity contribution >= 4 is 27.3 Å². The SMILES string of the molecule is CS(=O)(=O)Nc1cccc(C2=NN(C(=O)c3ccco3)C(c3ccco3)C2)c1. The topological polar surface area (TPSA) is 105 Å². The van der Waals surface area contributed by atoms with Crippen molar-refractivity contribution in [1.29, 1.82) is 0 Å². The zero-order chi connectivity index (χ0) is 19.7. The molecule has 1 atom stereocenters. The van der Waals surface area contributed by atoms with Crippen LogP contribution < -0.4 is 4.72 Å². The number of furan rings is 2. The van der Waals surface area contributed by atoms with E-state index in [4.69, 9.17) is 8.83 Å². The molecule has 1 aliphatic rings. The fourth-order valence-corrected chi connectivity index (χ4v) is 3.62. The van der Waals surface area contributed by atoms with E-state index in [0.29, 0.717) is 29.1 Å². The van der Waals surface area contributed by atoms with E-state index in [2.05, 4.69) is 9.82 Å². The molecule has 28 heavy (non-hydrogen) atoms. The van der Waals surface area contributed by atoms with Crippen LogP contribution >= 0.6 is 0 Å². The van der Waals surface area contributed by atoms with Crippen molar-refractivity contribution in [2.45, 2.75) is 12.5 Å². The molecule has 1 aromatic carbocycles. The second-order valence-electron chi connectivity index (χ2n) is 6.36. The first-order valence-corrected chi connectivity index (χ1v) is 10.4. The minimum atomic E-state index is -3.40. The summed E-state index contributed by atoms with van der Waals surface area (Å²) in [5, 5.41) is 5.83. The smallest absolute Gasteiger partial charge is 0.310 e. The van der Waals surface area contributed by atoms with Crippen LogP contribution in [0.3, 0.4) is 0 Å². The van der Waals surface area contributed by atoms with E-state index in [9.17, 15) is 13.2 Å². The number of nitrogens with one attached hydrogen (secondary N) is 1. The standard InChI is InChI=1S/C19H17N3O5S/c1-28(24,25)21-14-6-2-5-13(11-14)15-12-16(17-7-3-9-26-17)22(20-15)19(23)18-8-4-10-27-18/h2-11,16,21H,12H2,1H3. The summed E-state index contributed by atoms with van der Waals surface area (Å²) >= 11 is 0. The number of hydrogen-bond acceptors (Lipinski definition) is 6. The van der Waals surface area contributed by atoms with Crippen LogP contribution in [-0.2, 0) is 10.0 Å². The molecule has 3 aromatic rings. The number of amides is 1. The summed E-state index contributed by atoms with van der Waals surface area (Å²) in [7, 11) is -3.40. The zero-order valence-electron chi connectivity index (χ0n) is 14.9. The molecule has 0 saturated carbocycles. The minimum absolute atomic E-state index is 0.175. The first-order chi connectivity index (χ1) is 13.4. The Labute approximate surface area is 161 Å². The van der Waals surface area contributed by atoms with E-state index >= 15 is 0 Å². The molecular formula is C19H17N3O5S. The Morgan fingerprint density at radius 1 is 1.14 bits per heavy atom. The molecular weight excluding hydrogens is 382 g/mol. The molecule has 1 amide bonds. The van der Waals surface area contributed by atoms with Crippen molar-refractivity contribution in [2.24, 2.45) is 5.10 Å². The summed E-state index contributed by atoms with van der Waals surface area (Å²) < 4.78 is 36.2. The molecule has 8 nitrogen and oxygen atoms in total. The minimum Gasteiger partial charge on any atom is -0.467 e. The normalized spacial score (nSPS) is 16.8. The number of nitrogens with zero attached hydrogens (tertiary/aromatic N) is 2. The number of carbonyl (C=O) groups is 1. The first kappa shape index (κ1) is 18.1. The highest BCUT2D eigenvalue weighted by Gasteiger charge is 2.36. The molecule has 0 aliphatic carbocycles. The maximum Gasteiger partial charge on any atom is 0.310 e. The largest absolute Gasteiger partial charge is 0.467 e. The van der Waals surface area contributed by atoms with Crippen molar-refractivity contribution in [3.05, 3.63) is 78.1 Å². The van der Waals surface area contributed by atoms with Gasteiger partial charge < -0.3 is 8.83 Å². The molecule has 0 saturated heterocycles. The van der Waals surface area contributed by atoms with Crippen LogP contribution in [0.5, 0.6) is 0 Å². The molecule has 3 heterocycles. The van der Waals surface area contributed by atoms with E-state index in [0.717, 1.165) is 6.26 Å². The predicted octanol–water partition coefficient (Wildman–Crippen LogP) is 3.24. The van der Waals surface area contributed by atoms with Crippen LogP contribution in [0.4, 0.5) is 5.69 Å². The Morgan fingerprint density at radius 2 is 1.93 bits per heavy atom. The van der Waals surface area contributed by atoms with E-state index in [1.165, 1.54) is 11.3 Å². The van der Waals surface area contributed by atoms with Crippen LogP contribution in [0.15, 0.2) is 75.0 Å². The highest BCUT2D eigenvalue weighted by molar-refractivity contribution is 7.92. The van der Waals surface area contributed by atoms with Gasteiger partial charge in [0.1, 0.15) is 11.8 Å². The van der Waals surface area contributed by atoms with Crippen molar-refractivity contribution in [1.82, 2.24) is 5.01 Å². The molecule has 1 unspecified atom stereocenters. The Kier molecular flexibility index (Phi) is 4.52. The third-order valence-corrected chi connectivity index (χ3v) is 4.83. The zero-order valence-corrected chi connectivity index (χ0v) is 15.7. The third kappa shape index (κ3) is 3.70. The summed E-state index contributed by atoms with van der Waals surface area (Å²) in [6.45, 7) is 0. The van der Waals surface area contributed by atoms with Gasteiger partial charge in [-0.1, -0.05) is 12.1 Å². The van der Waals surface area contributed by atoms with E-state index in [1.807, 2.05) is 6.07 Å². The predicted molar refractivity (Wildman–Crippen MR) is 102 cm³/mol. The van der Waals surface area contributed by atoms with E-state index in [1.54, 1.807) is 48.7 Å². The first-order valence-electron chi connectivity index (χ1n) is 8.47. The molecule has 1 N–H and O–H groups in total. The van der Waals surface area contributed by atoms with Crippen molar-refractivity contribution < 1.29 is 22.0 Å². The van der Waals surface area contributed by atoms with Crippen LogP contribution in [0.25, 0.3) is 0 Å². The fraction of sp³-hybridized carbons (Fsp3) is 0.158. The summed E-state index contributed by atoms with van der Waals surface area (Å²) in [5.74, 6) is 0.393.